The first kappa shape index (κ1) is 22.4. The van der Waals surface area contributed by atoms with Crippen LogP contribution in [-0.2, 0) is 11.2 Å². The molecule has 4 nitrogen and oxygen atoms in total. The molecule has 1 aliphatic rings. The fourth-order valence-corrected chi connectivity index (χ4v) is 3.93. The maximum atomic E-state index is 12.3. The molecule has 1 amide bonds. The normalized spacial score (nSPS) is 15.5. The highest BCUT2D eigenvalue weighted by Crippen LogP contribution is 2.39. The molecule has 138 valence electrons. The molecule has 1 aromatic heterocycles. The standard InChI is InChI=1S/C17H20BrN3OS.2ClH/c1-17(10-19,12-5-6-12)21-15(22)8-14-9-23-16(20-14)11-3-2-4-13(18)7-11;;/h2-4,7,9,12H,5-6,8,10,19H2,1H3,(H,21,22);2*1H. The number of nitrogens with one attached hydrogen (secondary N) is 1. The van der Waals surface area contributed by atoms with E-state index >= 15 is 0 Å². The molecule has 0 aliphatic heterocycles. The summed E-state index contributed by atoms with van der Waals surface area (Å²) in [6, 6.07) is 8.01. The molecule has 25 heavy (non-hydrogen) atoms. The number of rotatable bonds is 6. The van der Waals surface area contributed by atoms with Gasteiger partial charge in [-0.3, -0.25) is 4.79 Å². The minimum atomic E-state index is -0.278. The van der Waals surface area contributed by atoms with Gasteiger partial charge in [0.25, 0.3) is 0 Å². The van der Waals surface area contributed by atoms with Crippen molar-refractivity contribution in [3.63, 3.8) is 0 Å². The van der Waals surface area contributed by atoms with E-state index in [2.05, 4.69) is 26.2 Å². The van der Waals surface area contributed by atoms with Gasteiger partial charge in [0, 0.05) is 22.0 Å². The number of amides is 1. The van der Waals surface area contributed by atoms with Gasteiger partial charge in [0.15, 0.2) is 0 Å². The molecule has 0 radical (unpaired) electrons. The smallest absolute Gasteiger partial charge is 0.226 e. The Morgan fingerprint density at radius 1 is 1.44 bits per heavy atom. The third-order valence-electron chi connectivity index (χ3n) is 4.29. The van der Waals surface area contributed by atoms with Crippen LogP contribution in [0.5, 0.6) is 0 Å². The highest BCUT2D eigenvalue weighted by molar-refractivity contribution is 9.10. The lowest BCUT2D eigenvalue weighted by Gasteiger charge is -2.29. The lowest BCUT2D eigenvalue weighted by molar-refractivity contribution is -0.122. The molecule has 3 N–H and O–H groups in total. The molecule has 0 saturated heterocycles. The Hall–Kier alpha value is -0.660. The first-order valence-corrected chi connectivity index (χ1v) is 9.39. The van der Waals surface area contributed by atoms with Crippen molar-refractivity contribution >= 4 is 58.0 Å². The van der Waals surface area contributed by atoms with Gasteiger partial charge in [-0.25, -0.2) is 4.98 Å². The van der Waals surface area contributed by atoms with Gasteiger partial charge in [0.05, 0.1) is 17.7 Å². The van der Waals surface area contributed by atoms with Crippen molar-refractivity contribution in [2.24, 2.45) is 11.7 Å². The summed E-state index contributed by atoms with van der Waals surface area (Å²) in [5.74, 6) is 0.514. The highest BCUT2D eigenvalue weighted by Gasteiger charge is 2.41. The number of nitrogens with two attached hydrogens (primary N) is 1. The van der Waals surface area contributed by atoms with E-state index in [1.165, 1.54) is 0 Å². The Bertz CT molecular complexity index is 723. The molecule has 1 fully saturated rings. The Morgan fingerprint density at radius 3 is 2.76 bits per heavy atom. The van der Waals surface area contributed by atoms with Crippen LogP contribution in [0.4, 0.5) is 0 Å². The summed E-state index contributed by atoms with van der Waals surface area (Å²) in [4.78, 5) is 16.9. The van der Waals surface area contributed by atoms with Crippen molar-refractivity contribution < 1.29 is 4.79 Å². The minimum absolute atomic E-state index is 0. The van der Waals surface area contributed by atoms with Crippen molar-refractivity contribution in [2.75, 3.05) is 6.54 Å². The summed E-state index contributed by atoms with van der Waals surface area (Å²) < 4.78 is 1.02. The summed E-state index contributed by atoms with van der Waals surface area (Å²) in [5, 5.41) is 5.98. The zero-order valence-electron chi connectivity index (χ0n) is 13.8. The number of carbonyl (C=O) groups excluding carboxylic acids is 1. The van der Waals surface area contributed by atoms with Crippen LogP contribution in [0.2, 0.25) is 0 Å². The lowest BCUT2D eigenvalue weighted by Crippen LogP contribution is -2.53. The number of nitrogens with zero attached hydrogens (tertiary/aromatic N) is 1. The van der Waals surface area contributed by atoms with E-state index in [1.807, 2.05) is 36.6 Å². The van der Waals surface area contributed by atoms with Gasteiger partial charge in [-0.15, -0.1) is 36.2 Å². The Kier molecular flexibility index (Phi) is 8.35. The van der Waals surface area contributed by atoms with Crippen molar-refractivity contribution in [1.29, 1.82) is 0 Å². The quantitative estimate of drug-likeness (QED) is 0.670. The number of aromatic nitrogens is 1. The predicted molar refractivity (Wildman–Crippen MR) is 112 cm³/mol. The molecule has 1 aromatic carbocycles. The molecule has 8 heteroatoms. The van der Waals surface area contributed by atoms with Crippen LogP contribution in [0.3, 0.4) is 0 Å². The second-order valence-electron chi connectivity index (χ2n) is 6.28. The number of carbonyl (C=O) groups is 1. The van der Waals surface area contributed by atoms with E-state index in [1.54, 1.807) is 11.3 Å². The third-order valence-corrected chi connectivity index (χ3v) is 5.73. The van der Waals surface area contributed by atoms with Crippen LogP contribution in [0.1, 0.15) is 25.5 Å². The van der Waals surface area contributed by atoms with Gasteiger partial charge in [-0.1, -0.05) is 28.1 Å². The van der Waals surface area contributed by atoms with Crippen molar-refractivity contribution in [2.45, 2.75) is 31.7 Å². The number of halogens is 3. The molecule has 0 spiro atoms. The molecule has 1 heterocycles. The van der Waals surface area contributed by atoms with Crippen LogP contribution >= 0.6 is 52.1 Å². The molecule has 1 unspecified atom stereocenters. The van der Waals surface area contributed by atoms with Gasteiger partial charge >= 0.3 is 0 Å². The van der Waals surface area contributed by atoms with E-state index < -0.39 is 0 Å². The van der Waals surface area contributed by atoms with Gasteiger partial charge < -0.3 is 11.1 Å². The zero-order chi connectivity index (χ0) is 16.4. The van der Waals surface area contributed by atoms with Crippen LogP contribution in [0.25, 0.3) is 10.6 Å². The molecule has 2 aromatic rings. The van der Waals surface area contributed by atoms with E-state index in [0.717, 1.165) is 33.6 Å². The summed E-state index contributed by atoms with van der Waals surface area (Å²) in [6.45, 7) is 2.51. The average molecular weight is 467 g/mol. The molecule has 1 saturated carbocycles. The SMILES string of the molecule is CC(CN)(NC(=O)Cc1csc(-c2cccc(Br)c2)n1)C1CC1.Cl.Cl. The van der Waals surface area contributed by atoms with Crippen LogP contribution in [0, 0.1) is 5.92 Å². The summed E-state index contributed by atoms with van der Waals surface area (Å²) in [5.41, 5.74) is 7.43. The maximum absolute atomic E-state index is 12.3. The monoisotopic (exact) mass is 465 g/mol. The second-order valence-corrected chi connectivity index (χ2v) is 8.05. The molecular weight excluding hydrogens is 445 g/mol. The van der Waals surface area contributed by atoms with E-state index in [0.29, 0.717) is 18.9 Å². The Morgan fingerprint density at radius 2 is 2.16 bits per heavy atom. The topological polar surface area (TPSA) is 68.0 Å². The van der Waals surface area contributed by atoms with Gasteiger partial charge in [0.1, 0.15) is 5.01 Å². The summed E-state index contributed by atoms with van der Waals surface area (Å²) >= 11 is 5.03. The van der Waals surface area contributed by atoms with Crippen molar-refractivity contribution in [3.05, 3.63) is 39.8 Å². The largest absolute Gasteiger partial charge is 0.349 e. The second kappa shape index (κ2) is 9.33. The van der Waals surface area contributed by atoms with Gasteiger partial charge in [-0.2, -0.15) is 0 Å². The molecule has 1 atom stereocenters. The lowest BCUT2D eigenvalue weighted by atomic mass is 9.95. The molecule has 0 bridgehead atoms. The number of hydrogen-bond donors (Lipinski definition) is 2. The Balaban J connectivity index is 0.00000156. The fraction of sp³-hybridized carbons (Fsp3) is 0.412. The zero-order valence-corrected chi connectivity index (χ0v) is 17.9. The van der Waals surface area contributed by atoms with Crippen LogP contribution in [-0.4, -0.2) is 23.0 Å². The van der Waals surface area contributed by atoms with Crippen molar-refractivity contribution in [3.8, 4) is 10.6 Å². The summed E-state index contributed by atoms with van der Waals surface area (Å²) in [7, 11) is 0. The van der Waals surface area contributed by atoms with Gasteiger partial charge in [-0.05, 0) is 37.8 Å². The molecule has 3 rings (SSSR count). The summed E-state index contributed by atoms with van der Waals surface area (Å²) in [6.07, 6.45) is 2.60. The fourth-order valence-electron chi connectivity index (χ4n) is 2.71. The first-order chi connectivity index (χ1) is 11.0. The third kappa shape index (κ3) is 5.66. The number of hydrogen-bond acceptors (Lipinski definition) is 4. The molecule has 1 aliphatic carbocycles. The van der Waals surface area contributed by atoms with Gasteiger partial charge in [0.2, 0.25) is 5.91 Å². The highest BCUT2D eigenvalue weighted by atomic mass is 79.9. The van der Waals surface area contributed by atoms with Crippen LogP contribution < -0.4 is 11.1 Å². The van der Waals surface area contributed by atoms with E-state index in [9.17, 15) is 4.79 Å². The van der Waals surface area contributed by atoms with E-state index in [4.69, 9.17) is 5.73 Å². The van der Waals surface area contributed by atoms with Crippen LogP contribution in [0.15, 0.2) is 34.1 Å². The van der Waals surface area contributed by atoms with Crippen molar-refractivity contribution in [1.82, 2.24) is 10.3 Å². The predicted octanol–water partition coefficient (Wildman–Crippen LogP) is 4.20. The minimum Gasteiger partial charge on any atom is -0.349 e. The number of benzene rings is 1. The average Bonchev–Trinajstić information content (AvgIpc) is 3.28. The number of thiazole rings is 1. The van der Waals surface area contributed by atoms with E-state index in [-0.39, 0.29) is 36.3 Å². The molecular formula is C17H22BrCl2N3OS. The Labute approximate surface area is 172 Å². The first-order valence-electron chi connectivity index (χ1n) is 7.71. The maximum Gasteiger partial charge on any atom is 0.226 e.